The molecule has 2 atom stereocenters. The molecular formula is C13H21F2NNaO3P. The third-order valence-electron chi connectivity index (χ3n) is 2.41. The van der Waals surface area contributed by atoms with Gasteiger partial charge in [-0.05, 0) is 24.9 Å². The third-order valence-corrected chi connectivity index (χ3v) is 2.91. The predicted octanol–water partition coefficient (Wildman–Crippen LogP) is -1.79. The summed E-state index contributed by atoms with van der Waals surface area (Å²) in [5.41, 5.74) is 2.82. The van der Waals surface area contributed by atoms with Crippen LogP contribution in [0.2, 0.25) is 0 Å². The normalized spacial score (nSPS) is 12.5. The Morgan fingerprint density at radius 3 is 2.24 bits per heavy atom. The van der Waals surface area contributed by atoms with Crippen LogP contribution in [0.4, 0.5) is 8.78 Å². The number of hydrogen-bond acceptors (Lipinski definition) is 4. The molecule has 0 saturated carbocycles. The fourth-order valence-electron chi connectivity index (χ4n) is 1.38. The molecule has 0 heterocycles. The van der Waals surface area contributed by atoms with Crippen molar-refractivity contribution in [1.82, 2.24) is 0 Å². The molecule has 0 fully saturated rings. The first-order valence-corrected chi connectivity index (χ1v) is 7.16. The van der Waals surface area contributed by atoms with Crippen LogP contribution in [0.1, 0.15) is 24.8 Å². The summed E-state index contributed by atoms with van der Waals surface area (Å²) in [6, 6.07) is 9.52. The van der Waals surface area contributed by atoms with Gasteiger partial charge in [0.15, 0.2) is 0 Å². The average Bonchev–Trinajstić information content (AvgIpc) is 2.46. The molecule has 2 unspecified atom stereocenters. The van der Waals surface area contributed by atoms with Crippen molar-refractivity contribution in [3.63, 3.8) is 0 Å². The molecule has 1 rings (SSSR count). The summed E-state index contributed by atoms with van der Waals surface area (Å²) >= 11 is 0. The summed E-state index contributed by atoms with van der Waals surface area (Å²) in [5.74, 6) is 0. The second-order valence-corrected chi connectivity index (χ2v) is 5.17. The van der Waals surface area contributed by atoms with E-state index in [0.29, 0.717) is 13.0 Å². The maximum atomic E-state index is 12.3. The summed E-state index contributed by atoms with van der Waals surface area (Å²) in [6.45, 7) is 0.503. The predicted molar refractivity (Wildman–Crippen MR) is 74.5 cm³/mol. The molecule has 0 radical (unpaired) electrons. The van der Waals surface area contributed by atoms with Crippen molar-refractivity contribution in [1.29, 1.82) is 0 Å². The molecule has 4 N–H and O–H groups in total. The van der Waals surface area contributed by atoms with Crippen LogP contribution in [-0.2, 0) is 6.61 Å². The van der Waals surface area contributed by atoms with E-state index >= 15 is 0 Å². The fraction of sp³-hybridized carbons (Fsp3) is 0.538. The average molecular weight is 331 g/mol. The van der Waals surface area contributed by atoms with Gasteiger partial charge in [0.05, 0.1) is 12.7 Å². The molecule has 0 aliphatic heterocycles. The van der Waals surface area contributed by atoms with E-state index in [9.17, 15) is 13.7 Å². The molecule has 4 nitrogen and oxygen atoms in total. The van der Waals surface area contributed by atoms with Crippen LogP contribution in [0, 0.1) is 0 Å². The second-order valence-electron chi connectivity index (χ2n) is 4.24. The Bertz CT molecular complexity index is 347. The first-order valence-electron chi connectivity index (χ1n) is 6.25. The Kier molecular flexibility index (Phi) is 15.7. The maximum absolute atomic E-state index is 12.3. The van der Waals surface area contributed by atoms with Crippen molar-refractivity contribution in [2.75, 3.05) is 6.54 Å². The van der Waals surface area contributed by atoms with Gasteiger partial charge in [-0.1, -0.05) is 30.3 Å². The summed E-state index contributed by atoms with van der Waals surface area (Å²) in [5, 5.41) is 17.5. The molecule has 0 spiro atoms. The minimum absolute atomic E-state index is 0. The molecule has 0 bridgehead atoms. The standard InChI is InChI=1S/C7H8O.C6H13F2NO2P.Na/c8-6-7-4-2-1-3-5-7;7-6(8,12-11)4-5(10)2-1-3-9;/h1-5,8H,6H2;5,10,12H,1-4,9H2;/q;-1;+1. The van der Waals surface area contributed by atoms with Crippen molar-refractivity contribution < 1.29 is 53.4 Å². The van der Waals surface area contributed by atoms with Crippen LogP contribution < -0.4 is 40.2 Å². The van der Waals surface area contributed by atoms with Crippen LogP contribution in [0.25, 0.3) is 0 Å². The molecule has 0 aromatic heterocycles. The van der Waals surface area contributed by atoms with Crippen molar-refractivity contribution >= 4 is 8.81 Å². The smallest absolute Gasteiger partial charge is 0.828 e. The summed E-state index contributed by atoms with van der Waals surface area (Å²) < 4.78 is 24.7. The minimum atomic E-state index is -3.26. The molecule has 0 aliphatic rings. The number of rotatable bonds is 7. The summed E-state index contributed by atoms with van der Waals surface area (Å²) in [4.78, 5) is 9.90. The van der Waals surface area contributed by atoms with Crippen molar-refractivity contribution in [3.8, 4) is 0 Å². The van der Waals surface area contributed by atoms with Gasteiger partial charge in [0, 0.05) is 6.42 Å². The summed E-state index contributed by atoms with van der Waals surface area (Å²) in [7, 11) is -1.69. The van der Waals surface area contributed by atoms with Crippen LogP contribution in [0.5, 0.6) is 0 Å². The monoisotopic (exact) mass is 331 g/mol. The van der Waals surface area contributed by atoms with Crippen LogP contribution in [0.3, 0.4) is 0 Å². The quantitative estimate of drug-likeness (QED) is 0.407. The topological polar surface area (TPSA) is 89.5 Å². The van der Waals surface area contributed by atoms with E-state index in [-0.39, 0.29) is 42.6 Å². The fourth-order valence-corrected chi connectivity index (χ4v) is 1.70. The van der Waals surface area contributed by atoms with Crippen molar-refractivity contribution in [2.45, 2.75) is 37.6 Å². The van der Waals surface area contributed by atoms with E-state index in [4.69, 9.17) is 15.9 Å². The van der Waals surface area contributed by atoms with Gasteiger partial charge in [-0.2, -0.15) is 0 Å². The van der Waals surface area contributed by atoms with E-state index in [1.807, 2.05) is 30.3 Å². The Balaban J connectivity index is 0. The van der Waals surface area contributed by atoms with Gasteiger partial charge in [-0.25, -0.2) is 8.78 Å². The number of aliphatic hydroxyl groups excluding tert-OH is 2. The molecule has 8 heteroatoms. The first kappa shape index (κ1) is 23.6. The van der Waals surface area contributed by atoms with E-state index in [0.717, 1.165) is 5.56 Å². The van der Waals surface area contributed by atoms with Gasteiger partial charge in [0.2, 0.25) is 5.66 Å². The number of halogens is 2. The van der Waals surface area contributed by atoms with Crippen molar-refractivity contribution in [2.24, 2.45) is 5.73 Å². The Hall–Kier alpha value is 0.350. The zero-order valence-electron chi connectivity index (χ0n) is 12.1. The largest absolute Gasteiger partial charge is 1.00 e. The van der Waals surface area contributed by atoms with Crippen LogP contribution in [0.15, 0.2) is 30.3 Å². The van der Waals surface area contributed by atoms with Gasteiger partial charge in [0.25, 0.3) is 0 Å². The number of benzene rings is 1. The molecule has 1 aromatic carbocycles. The number of alkyl halides is 2. The Morgan fingerprint density at radius 1 is 1.29 bits per heavy atom. The van der Waals surface area contributed by atoms with Crippen molar-refractivity contribution in [3.05, 3.63) is 35.9 Å². The minimum Gasteiger partial charge on any atom is -0.828 e. The number of hydrogen-bond donors (Lipinski definition) is 3. The zero-order valence-corrected chi connectivity index (χ0v) is 15.1. The molecule has 1 aromatic rings. The second kappa shape index (κ2) is 14.0. The molecule has 0 amide bonds. The SMILES string of the molecule is NCCCC(O)CC(F)(F)P[O-].OCc1ccccc1.[Na+]. The van der Waals surface area contributed by atoms with Gasteiger partial charge >= 0.3 is 29.6 Å². The maximum Gasteiger partial charge on any atom is 1.00 e. The molecule has 0 saturated heterocycles. The van der Waals surface area contributed by atoms with Gasteiger partial charge in [-0.15, -0.1) is 8.81 Å². The Labute approximate surface area is 147 Å². The van der Waals surface area contributed by atoms with Gasteiger partial charge in [0.1, 0.15) is 0 Å². The van der Waals surface area contributed by atoms with E-state index in [2.05, 4.69) is 0 Å². The van der Waals surface area contributed by atoms with E-state index in [1.54, 1.807) is 0 Å². The molecule has 116 valence electrons. The first-order chi connectivity index (χ1) is 9.45. The molecule has 21 heavy (non-hydrogen) atoms. The third kappa shape index (κ3) is 13.7. The van der Waals surface area contributed by atoms with Gasteiger partial charge < -0.3 is 20.8 Å². The number of nitrogens with two attached hydrogens (primary N) is 1. The molecule has 0 aliphatic carbocycles. The van der Waals surface area contributed by atoms with Gasteiger partial charge in [-0.3, -0.25) is 0 Å². The van der Waals surface area contributed by atoms with Crippen LogP contribution >= 0.6 is 8.81 Å². The van der Waals surface area contributed by atoms with E-state index in [1.165, 1.54) is 0 Å². The molecular weight excluding hydrogens is 310 g/mol. The van der Waals surface area contributed by atoms with Crippen LogP contribution in [-0.4, -0.2) is 28.5 Å². The Morgan fingerprint density at radius 2 is 1.86 bits per heavy atom. The van der Waals surface area contributed by atoms with E-state index < -0.39 is 27.0 Å². The summed E-state index contributed by atoms with van der Waals surface area (Å²) in [6.07, 6.45) is -1.12. The number of aliphatic hydroxyl groups is 2. The zero-order chi connectivity index (χ0) is 15.4.